The van der Waals surface area contributed by atoms with Gasteiger partial charge in [-0.05, 0) is 38.0 Å². The molecular formula is C14H22N2O2. The predicted octanol–water partition coefficient (Wildman–Crippen LogP) is 1.70. The third-order valence-corrected chi connectivity index (χ3v) is 2.95. The Hall–Kier alpha value is -1.55. The Balaban J connectivity index is 2.83. The van der Waals surface area contributed by atoms with Crippen molar-refractivity contribution in [2.75, 3.05) is 13.7 Å². The fraction of sp³-hybridized carbons (Fsp3) is 0.500. The van der Waals surface area contributed by atoms with Crippen LogP contribution < -0.4 is 10.5 Å². The minimum atomic E-state index is -0.303. The number of nitrogens with zero attached hydrogens (tertiary/aromatic N) is 1. The van der Waals surface area contributed by atoms with Crippen LogP contribution in [0.25, 0.3) is 0 Å². The van der Waals surface area contributed by atoms with Crippen molar-refractivity contribution in [3.05, 3.63) is 29.3 Å². The molecule has 0 aliphatic carbocycles. The van der Waals surface area contributed by atoms with Gasteiger partial charge in [0.05, 0.1) is 13.7 Å². The maximum absolute atomic E-state index is 11.0. The number of hydrogen-bond acceptors (Lipinski definition) is 3. The number of rotatable bonds is 6. The molecule has 2 N–H and O–H groups in total. The summed E-state index contributed by atoms with van der Waals surface area (Å²) in [6.45, 7) is 7.07. The molecule has 0 unspecified atom stereocenters. The number of carbonyl (C=O) groups is 1. The van der Waals surface area contributed by atoms with Crippen molar-refractivity contribution in [1.82, 2.24) is 4.90 Å². The van der Waals surface area contributed by atoms with E-state index in [4.69, 9.17) is 10.5 Å². The van der Waals surface area contributed by atoms with E-state index in [-0.39, 0.29) is 18.5 Å². The van der Waals surface area contributed by atoms with Crippen molar-refractivity contribution in [3.8, 4) is 5.75 Å². The molecule has 0 aromatic heterocycles. The molecule has 0 fully saturated rings. The molecule has 1 rings (SSSR count). The first kappa shape index (κ1) is 14.5. The van der Waals surface area contributed by atoms with E-state index in [9.17, 15) is 4.79 Å². The van der Waals surface area contributed by atoms with Crippen LogP contribution in [0.2, 0.25) is 0 Å². The second kappa shape index (κ2) is 6.40. The van der Waals surface area contributed by atoms with E-state index < -0.39 is 0 Å². The first-order valence-corrected chi connectivity index (χ1v) is 6.10. The molecule has 1 aromatic carbocycles. The highest BCUT2D eigenvalue weighted by molar-refractivity contribution is 5.75. The van der Waals surface area contributed by atoms with Crippen LogP contribution in [0.15, 0.2) is 18.2 Å². The second-order valence-electron chi connectivity index (χ2n) is 4.77. The lowest BCUT2D eigenvalue weighted by Crippen LogP contribution is -2.37. The highest BCUT2D eigenvalue weighted by atomic mass is 16.5. The number of amides is 1. The molecule has 1 amide bonds. The van der Waals surface area contributed by atoms with E-state index >= 15 is 0 Å². The third kappa shape index (κ3) is 4.04. The maximum Gasteiger partial charge on any atom is 0.231 e. The number of methoxy groups -OCH3 is 1. The standard InChI is InChI=1S/C14H22N2O2/c1-10(2)16(9-14(15)17)8-12-6-5-11(3)13(7-12)18-4/h5-7,10H,8-9H2,1-4H3,(H2,15,17). The smallest absolute Gasteiger partial charge is 0.231 e. The normalized spacial score (nSPS) is 11.0. The lowest BCUT2D eigenvalue weighted by molar-refractivity contribution is -0.119. The van der Waals surface area contributed by atoms with Crippen LogP contribution in [-0.4, -0.2) is 30.5 Å². The Morgan fingerprint density at radius 2 is 2.11 bits per heavy atom. The van der Waals surface area contributed by atoms with Gasteiger partial charge in [0.15, 0.2) is 0 Å². The fourth-order valence-electron chi connectivity index (χ4n) is 1.82. The van der Waals surface area contributed by atoms with E-state index in [1.165, 1.54) is 0 Å². The Morgan fingerprint density at radius 3 is 2.61 bits per heavy atom. The monoisotopic (exact) mass is 250 g/mol. The summed E-state index contributed by atoms with van der Waals surface area (Å²) >= 11 is 0. The summed E-state index contributed by atoms with van der Waals surface area (Å²) in [4.78, 5) is 13.1. The number of aryl methyl sites for hydroxylation is 1. The largest absolute Gasteiger partial charge is 0.496 e. The highest BCUT2D eigenvalue weighted by Crippen LogP contribution is 2.20. The molecule has 0 saturated carbocycles. The summed E-state index contributed by atoms with van der Waals surface area (Å²) in [5, 5.41) is 0. The minimum absolute atomic E-state index is 0.268. The van der Waals surface area contributed by atoms with E-state index in [1.807, 2.05) is 43.9 Å². The summed E-state index contributed by atoms with van der Waals surface area (Å²) in [5.41, 5.74) is 7.48. The van der Waals surface area contributed by atoms with Crippen LogP contribution in [0.5, 0.6) is 5.75 Å². The van der Waals surface area contributed by atoms with Gasteiger partial charge in [-0.3, -0.25) is 9.69 Å². The van der Waals surface area contributed by atoms with Gasteiger partial charge < -0.3 is 10.5 Å². The number of benzene rings is 1. The summed E-state index contributed by atoms with van der Waals surface area (Å²) < 4.78 is 5.30. The van der Waals surface area contributed by atoms with Crippen molar-refractivity contribution in [2.45, 2.75) is 33.4 Å². The summed E-state index contributed by atoms with van der Waals surface area (Å²) in [7, 11) is 1.66. The summed E-state index contributed by atoms with van der Waals surface area (Å²) in [5.74, 6) is 0.568. The van der Waals surface area contributed by atoms with Crippen LogP contribution >= 0.6 is 0 Å². The van der Waals surface area contributed by atoms with Gasteiger partial charge in [-0.25, -0.2) is 0 Å². The Bertz CT molecular complexity index is 416. The van der Waals surface area contributed by atoms with Crippen molar-refractivity contribution >= 4 is 5.91 Å². The second-order valence-corrected chi connectivity index (χ2v) is 4.77. The molecule has 4 nitrogen and oxygen atoms in total. The average Bonchev–Trinajstić information content (AvgIpc) is 2.29. The highest BCUT2D eigenvalue weighted by Gasteiger charge is 2.13. The Kier molecular flexibility index (Phi) is 5.16. The molecule has 100 valence electrons. The number of primary amides is 1. The van der Waals surface area contributed by atoms with Crippen LogP contribution in [-0.2, 0) is 11.3 Å². The molecule has 0 spiro atoms. The number of hydrogen-bond donors (Lipinski definition) is 1. The summed E-state index contributed by atoms with van der Waals surface area (Å²) in [6, 6.07) is 6.35. The molecular weight excluding hydrogens is 228 g/mol. The predicted molar refractivity (Wildman–Crippen MR) is 72.5 cm³/mol. The molecule has 1 aromatic rings. The van der Waals surface area contributed by atoms with Gasteiger partial charge in [-0.2, -0.15) is 0 Å². The van der Waals surface area contributed by atoms with Crippen LogP contribution in [0.1, 0.15) is 25.0 Å². The zero-order chi connectivity index (χ0) is 13.7. The SMILES string of the molecule is COc1cc(CN(CC(N)=O)C(C)C)ccc1C. The fourth-order valence-corrected chi connectivity index (χ4v) is 1.82. The van der Waals surface area contributed by atoms with E-state index in [0.29, 0.717) is 6.54 Å². The van der Waals surface area contributed by atoms with Crippen LogP contribution in [0, 0.1) is 6.92 Å². The Labute approximate surface area is 109 Å². The maximum atomic E-state index is 11.0. The minimum Gasteiger partial charge on any atom is -0.496 e. The van der Waals surface area contributed by atoms with Crippen LogP contribution in [0.3, 0.4) is 0 Å². The average molecular weight is 250 g/mol. The third-order valence-electron chi connectivity index (χ3n) is 2.95. The van der Waals surface area contributed by atoms with Gasteiger partial charge in [-0.15, -0.1) is 0 Å². The topological polar surface area (TPSA) is 55.6 Å². The zero-order valence-electron chi connectivity index (χ0n) is 11.6. The lowest BCUT2D eigenvalue weighted by Gasteiger charge is -2.25. The molecule has 0 heterocycles. The number of ether oxygens (including phenoxy) is 1. The number of carbonyl (C=O) groups excluding carboxylic acids is 1. The van der Waals surface area contributed by atoms with E-state index in [1.54, 1.807) is 7.11 Å². The molecule has 0 radical (unpaired) electrons. The first-order chi connectivity index (χ1) is 8.43. The van der Waals surface area contributed by atoms with Crippen molar-refractivity contribution in [1.29, 1.82) is 0 Å². The molecule has 0 atom stereocenters. The van der Waals surface area contributed by atoms with Crippen molar-refractivity contribution in [2.24, 2.45) is 5.73 Å². The van der Waals surface area contributed by atoms with E-state index in [2.05, 4.69) is 0 Å². The summed E-state index contributed by atoms with van der Waals surface area (Å²) in [6.07, 6.45) is 0. The number of nitrogens with two attached hydrogens (primary N) is 1. The van der Waals surface area contributed by atoms with Crippen molar-refractivity contribution in [3.63, 3.8) is 0 Å². The zero-order valence-corrected chi connectivity index (χ0v) is 11.6. The van der Waals surface area contributed by atoms with E-state index in [0.717, 1.165) is 16.9 Å². The first-order valence-electron chi connectivity index (χ1n) is 6.10. The van der Waals surface area contributed by atoms with Crippen LogP contribution in [0.4, 0.5) is 0 Å². The molecule has 0 bridgehead atoms. The van der Waals surface area contributed by atoms with Gasteiger partial charge in [0.2, 0.25) is 5.91 Å². The molecule has 4 heteroatoms. The Morgan fingerprint density at radius 1 is 1.44 bits per heavy atom. The molecule has 0 saturated heterocycles. The molecule has 18 heavy (non-hydrogen) atoms. The molecule has 0 aliphatic heterocycles. The molecule has 0 aliphatic rings. The van der Waals surface area contributed by atoms with Gasteiger partial charge in [0, 0.05) is 12.6 Å². The van der Waals surface area contributed by atoms with Gasteiger partial charge >= 0.3 is 0 Å². The van der Waals surface area contributed by atoms with Crippen molar-refractivity contribution < 1.29 is 9.53 Å². The van der Waals surface area contributed by atoms with Gasteiger partial charge in [0.25, 0.3) is 0 Å². The van der Waals surface area contributed by atoms with Gasteiger partial charge in [-0.1, -0.05) is 12.1 Å². The van der Waals surface area contributed by atoms with Gasteiger partial charge in [0.1, 0.15) is 5.75 Å². The quantitative estimate of drug-likeness (QED) is 0.836. The lowest BCUT2D eigenvalue weighted by atomic mass is 10.1.